The van der Waals surface area contributed by atoms with Crippen LogP contribution in [0, 0.1) is 19.8 Å². The number of nitrogens with zero attached hydrogens (tertiary/aromatic N) is 2. The number of benzene rings is 2. The quantitative estimate of drug-likeness (QED) is 0.528. The van der Waals surface area contributed by atoms with Crippen molar-refractivity contribution >= 4 is 39.1 Å². The summed E-state index contributed by atoms with van der Waals surface area (Å²) in [6.45, 7) is 9.53. The highest BCUT2D eigenvalue weighted by atomic mass is 35.5. The predicted octanol–water partition coefficient (Wildman–Crippen LogP) is 3.91. The first-order valence-electron chi connectivity index (χ1n) is 11.2. The minimum atomic E-state index is -3.79. The van der Waals surface area contributed by atoms with Gasteiger partial charge in [0.15, 0.2) is 0 Å². The predicted molar refractivity (Wildman–Crippen MR) is 137 cm³/mol. The van der Waals surface area contributed by atoms with Gasteiger partial charge < -0.3 is 10.2 Å². The molecule has 1 N–H and O–H groups in total. The van der Waals surface area contributed by atoms with Gasteiger partial charge in [-0.05, 0) is 56.0 Å². The second-order valence-electron chi connectivity index (χ2n) is 9.03. The summed E-state index contributed by atoms with van der Waals surface area (Å²) in [6.07, 6.45) is 1.05. The Labute approximate surface area is 208 Å². The van der Waals surface area contributed by atoms with Crippen LogP contribution in [-0.2, 0) is 26.2 Å². The molecule has 2 aromatic rings. The van der Waals surface area contributed by atoms with Crippen molar-refractivity contribution in [3.8, 4) is 0 Å². The zero-order valence-electron chi connectivity index (χ0n) is 20.6. The summed E-state index contributed by atoms with van der Waals surface area (Å²) in [6, 6.07) is 11.7. The Bertz CT molecular complexity index is 1130. The molecule has 34 heavy (non-hydrogen) atoms. The fourth-order valence-corrected chi connectivity index (χ4v) is 4.67. The molecule has 0 fully saturated rings. The van der Waals surface area contributed by atoms with E-state index in [2.05, 4.69) is 5.32 Å². The maximum Gasteiger partial charge on any atom is 0.244 e. The van der Waals surface area contributed by atoms with Gasteiger partial charge in [0.25, 0.3) is 0 Å². The highest BCUT2D eigenvalue weighted by Gasteiger charge is 2.30. The van der Waals surface area contributed by atoms with Gasteiger partial charge in [0.1, 0.15) is 12.6 Å². The normalized spacial score (nSPS) is 12.4. The molecule has 0 spiro atoms. The van der Waals surface area contributed by atoms with Gasteiger partial charge in [-0.25, -0.2) is 8.42 Å². The molecule has 0 saturated carbocycles. The Morgan fingerprint density at radius 1 is 1.06 bits per heavy atom. The molecule has 0 aliphatic heterocycles. The van der Waals surface area contributed by atoms with Crippen LogP contribution in [0.2, 0.25) is 5.02 Å². The van der Waals surface area contributed by atoms with Crippen molar-refractivity contribution in [3.63, 3.8) is 0 Å². The Kier molecular flexibility index (Phi) is 9.53. The molecule has 2 aromatic carbocycles. The van der Waals surface area contributed by atoms with Crippen molar-refractivity contribution in [2.24, 2.45) is 5.92 Å². The smallest absolute Gasteiger partial charge is 0.244 e. The molecule has 2 amide bonds. The summed E-state index contributed by atoms with van der Waals surface area (Å²) in [5, 5.41) is 3.34. The van der Waals surface area contributed by atoms with Gasteiger partial charge in [-0.1, -0.05) is 55.3 Å². The summed E-state index contributed by atoms with van der Waals surface area (Å²) < 4.78 is 26.4. The van der Waals surface area contributed by atoms with Gasteiger partial charge in [-0.15, -0.1) is 0 Å². The van der Waals surface area contributed by atoms with Crippen LogP contribution < -0.4 is 9.62 Å². The van der Waals surface area contributed by atoms with Crippen LogP contribution in [0.4, 0.5) is 5.69 Å². The molecule has 0 aliphatic rings. The first kappa shape index (κ1) is 27.7. The number of sulfonamides is 1. The Morgan fingerprint density at radius 3 is 2.29 bits per heavy atom. The number of nitrogens with one attached hydrogen (secondary N) is 1. The zero-order chi connectivity index (χ0) is 25.6. The number of carbonyl (C=O) groups is 2. The lowest BCUT2D eigenvalue weighted by Crippen LogP contribution is -2.51. The lowest BCUT2D eigenvalue weighted by Gasteiger charge is -2.32. The molecule has 2 rings (SSSR count). The fraction of sp³-hybridized carbons (Fsp3) is 0.440. The molecule has 0 aliphatic carbocycles. The number of rotatable bonds is 10. The van der Waals surface area contributed by atoms with Crippen molar-refractivity contribution in [2.75, 3.05) is 23.7 Å². The standard InChI is InChI=1S/C25H34ClN3O4S/c1-17(2)14-27-25(31)20(5)28(15-21-9-7-8-18(3)12-21)24(30)16-29(34(6,32)33)23-11-10-22(26)13-19(23)4/h7-13,17,20H,14-16H2,1-6H3,(H,27,31). The van der Waals surface area contributed by atoms with Gasteiger partial charge in [0.05, 0.1) is 11.9 Å². The topological polar surface area (TPSA) is 86.8 Å². The minimum absolute atomic E-state index is 0.175. The number of hydrogen-bond acceptors (Lipinski definition) is 4. The SMILES string of the molecule is Cc1cccc(CN(C(=O)CN(c2ccc(Cl)cc2C)S(C)(=O)=O)C(C)C(=O)NCC(C)C)c1. The second kappa shape index (κ2) is 11.7. The fourth-order valence-electron chi connectivity index (χ4n) is 3.54. The second-order valence-corrected chi connectivity index (χ2v) is 11.4. The molecular weight excluding hydrogens is 474 g/mol. The van der Waals surface area contributed by atoms with E-state index in [1.807, 2.05) is 45.0 Å². The van der Waals surface area contributed by atoms with E-state index in [1.165, 1.54) is 4.90 Å². The summed E-state index contributed by atoms with van der Waals surface area (Å²) in [7, 11) is -3.79. The maximum absolute atomic E-state index is 13.5. The first-order valence-corrected chi connectivity index (χ1v) is 13.4. The Hall–Kier alpha value is -2.58. The van der Waals surface area contributed by atoms with E-state index in [1.54, 1.807) is 32.0 Å². The van der Waals surface area contributed by atoms with Crippen LogP contribution in [-0.4, -0.2) is 50.5 Å². The third-order valence-electron chi connectivity index (χ3n) is 5.39. The molecule has 9 heteroatoms. The summed E-state index contributed by atoms with van der Waals surface area (Å²) in [5.74, 6) is -0.512. The van der Waals surface area contributed by atoms with E-state index in [4.69, 9.17) is 11.6 Å². The lowest BCUT2D eigenvalue weighted by molar-refractivity contribution is -0.139. The molecule has 0 aromatic heterocycles. The van der Waals surface area contributed by atoms with Crippen molar-refractivity contribution < 1.29 is 18.0 Å². The lowest BCUT2D eigenvalue weighted by atomic mass is 10.1. The average molecular weight is 508 g/mol. The van der Waals surface area contributed by atoms with E-state index in [0.29, 0.717) is 22.8 Å². The van der Waals surface area contributed by atoms with E-state index in [9.17, 15) is 18.0 Å². The van der Waals surface area contributed by atoms with Crippen LogP contribution in [0.5, 0.6) is 0 Å². The number of aryl methyl sites for hydroxylation is 2. The van der Waals surface area contributed by atoms with Crippen molar-refractivity contribution in [3.05, 3.63) is 64.2 Å². The minimum Gasteiger partial charge on any atom is -0.354 e. The van der Waals surface area contributed by atoms with Gasteiger partial charge in [-0.2, -0.15) is 0 Å². The third kappa shape index (κ3) is 7.74. The number of carbonyl (C=O) groups excluding carboxylic acids is 2. The number of hydrogen-bond donors (Lipinski definition) is 1. The van der Waals surface area contributed by atoms with E-state index in [0.717, 1.165) is 21.7 Å². The van der Waals surface area contributed by atoms with Crippen LogP contribution in [0.25, 0.3) is 0 Å². The molecule has 0 heterocycles. The largest absolute Gasteiger partial charge is 0.354 e. The van der Waals surface area contributed by atoms with Crippen molar-refractivity contribution in [1.29, 1.82) is 0 Å². The molecule has 0 bridgehead atoms. The monoisotopic (exact) mass is 507 g/mol. The Balaban J connectivity index is 2.40. The molecule has 7 nitrogen and oxygen atoms in total. The number of anilines is 1. The molecule has 1 atom stereocenters. The maximum atomic E-state index is 13.5. The first-order chi connectivity index (χ1) is 15.8. The zero-order valence-corrected chi connectivity index (χ0v) is 22.2. The molecule has 0 radical (unpaired) electrons. The van der Waals surface area contributed by atoms with Crippen molar-refractivity contribution in [2.45, 2.75) is 47.2 Å². The summed E-state index contributed by atoms with van der Waals surface area (Å²) in [5.41, 5.74) is 2.87. The van der Waals surface area contributed by atoms with Gasteiger partial charge in [-0.3, -0.25) is 13.9 Å². The average Bonchev–Trinajstić information content (AvgIpc) is 2.73. The molecule has 1 unspecified atom stereocenters. The van der Waals surface area contributed by atoms with Crippen LogP contribution in [0.3, 0.4) is 0 Å². The molecular formula is C25H34ClN3O4S. The van der Waals surface area contributed by atoms with E-state index >= 15 is 0 Å². The highest BCUT2D eigenvalue weighted by Crippen LogP contribution is 2.26. The third-order valence-corrected chi connectivity index (χ3v) is 6.76. The van der Waals surface area contributed by atoms with Crippen molar-refractivity contribution in [1.82, 2.24) is 10.2 Å². The summed E-state index contributed by atoms with van der Waals surface area (Å²) >= 11 is 6.04. The molecule has 0 saturated heterocycles. The summed E-state index contributed by atoms with van der Waals surface area (Å²) in [4.78, 5) is 27.8. The van der Waals surface area contributed by atoms with Crippen LogP contribution in [0.15, 0.2) is 42.5 Å². The van der Waals surface area contributed by atoms with E-state index in [-0.39, 0.29) is 18.4 Å². The van der Waals surface area contributed by atoms with Gasteiger partial charge in [0.2, 0.25) is 21.8 Å². The Morgan fingerprint density at radius 2 is 1.74 bits per heavy atom. The van der Waals surface area contributed by atoms with Gasteiger partial charge >= 0.3 is 0 Å². The van der Waals surface area contributed by atoms with Crippen LogP contribution >= 0.6 is 11.6 Å². The van der Waals surface area contributed by atoms with Gasteiger partial charge in [0, 0.05) is 18.1 Å². The van der Waals surface area contributed by atoms with Crippen LogP contribution in [0.1, 0.15) is 37.5 Å². The number of halogens is 1. The molecule has 186 valence electrons. The number of amides is 2. The van der Waals surface area contributed by atoms with E-state index < -0.39 is 28.5 Å². The highest BCUT2D eigenvalue weighted by molar-refractivity contribution is 7.92.